The number of amides is 1. The summed E-state index contributed by atoms with van der Waals surface area (Å²) in [7, 11) is 0. The number of benzene rings is 1. The van der Waals surface area contributed by atoms with Gasteiger partial charge < -0.3 is 14.7 Å². The third-order valence-electron chi connectivity index (χ3n) is 4.56. The van der Waals surface area contributed by atoms with Gasteiger partial charge in [0.15, 0.2) is 0 Å². The minimum atomic E-state index is -0.645. The number of ether oxygens (including phenoxy) is 1. The van der Waals surface area contributed by atoms with Crippen LogP contribution in [0.15, 0.2) is 35.4 Å². The van der Waals surface area contributed by atoms with Crippen molar-refractivity contribution in [3.05, 3.63) is 40.9 Å². The summed E-state index contributed by atoms with van der Waals surface area (Å²) in [5, 5.41) is 10.6. The zero-order valence-corrected chi connectivity index (χ0v) is 15.2. The number of likely N-dealkylation sites (tertiary alicyclic amines) is 1. The van der Waals surface area contributed by atoms with Crippen molar-refractivity contribution in [3.63, 3.8) is 0 Å². The van der Waals surface area contributed by atoms with E-state index in [0.717, 1.165) is 0 Å². The van der Waals surface area contributed by atoms with Gasteiger partial charge in [-0.05, 0) is 32.4 Å². The van der Waals surface area contributed by atoms with E-state index in [1.807, 2.05) is 26.0 Å². The lowest BCUT2D eigenvalue weighted by Gasteiger charge is -2.18. The third-order valence-corrected chi connectivity index (χ3v) is 4.56. The molecule has 0 saturated carbocycles. The van der Waals surface area contributed by atoms with E-state index in [-0.39, 0.29) is 23.7 Å². The molecule has 1 fully saturated rings. The predicted octanol–water partition coefficient (Wildman–Crippen LogP) is 1.17. The Balaban J connectivity index is 1.55. The Kier molecular flexibility index (Phi) is 5.68. The number of hydrogen-bond donors (Lipinski definition) is 1. The highest BCUT2D eigenvalue weighted by molar-refractivity contribution is 5.77. The maximum absolute atomic E-state index is 12.4. The summed E-state index contributed by atoms with van der Waals surface area (Å²) < 4.78 is 7.18. The van der Waals surface area contributed by atoms with Crippen molar-refractivity contribution in [2.24, 2.45) is 0 Å². The molecule has 2 aromatic rings. The minimum absolute atomic E-state index is 0.0111. The molecule has 1 aromatic heterocycles. The summed E-state index contributed by atoms with van der Waals surface area (Å²) in [6.07, 6.45) is 1.43. The average molecular weight is 359 g/mol. The van der Waals surface area contributed by atoms with Crippen molar-refractivity contribution in [1.82, 2.24) is 14.5 Å². The Morgan fingerprint density at radius 3 is 2.88 bits per heavy atom. The zero-order chi connectivity index (χ0) is 18.7. The second-order valence-corrected chi connectivity index (χ2v) is 6.95. The zero-order valence-electron chi connectivity index (χ0n) is 15.2. The fraction of sp³-hybridized carbons (Fsp3) is 0.526. The number of rotatable bonds is 6. The van der Waals surface area contributed by atoms with Crippen LogP contribution in [-0.2, 0) is 16.1 Å². The number of aromatic nitrogens is 2. The number of carbonyl (C=O) groups excluding carboxylic acids is 1. The van der Waals surface area contributed by atoms with E-state index in [1.54, 1.807) is 21.6 Å². The van der Waals surface area contributed by atoms with Crippen molar-refractivity contribution in [2.75, 3.05) is 13.1 Å². The van der Waals surface area contributed by atoms with Gasteiger partial charge in [-0.3, -0.25) is 14.2 Å². The fourth-order valence-electron chi connectivity index (χ4n) is 3.27. The largest absolute Gasteiger partial charge is 0.388 e. The molecule has 1 aliphatic rings. The molecule has 0 radical (unpaired) electrons. The minimum Gasteiger partial charge on any atom is -0.388 e. The van der Waals surface area contributed by atoms with Crippen molar-refractivity contribution >= 4 is 16.8 Å². The summed E-state index contributed by atoms with van der Waals surface area (Å²) in [4.78, 5) is 30.7. The van der Waals surface area contributed by atoms with Crippen LogP contribution in [0.2, 0.25) is 0 Å². The molecule has 7 nitrogen and oxygen atoms in total. The van der Waals surface area contributed by atoms with E-state index in [4.69, 9.17) is 4.74 Å². The van der Waals surface area contributed by atoms with Crippen LogP contribution in [0.1, 0.15) is 26.7 Å². The molecule has 0 spiro atoms. The standard InChI is InChI=1S/C19H25N3O4/c1-13(2)26-17-11-22(10-16(17)23)18(24)8-5-9-21-12-20-15-7-4-3-6-14(15)19(21)25/h3-4,6-7,12-13,16-17,23H,5,8-11H2,1-2H3/t16-,17-/m0/s1. The molecule has 1 amide bonds. The van der Waals surface area contributed by atoms with Crippen molar-refractivity contribution in [2.45, 2.75) is 51.5 Å². The number of nitrogens with zero attached hydrogens (tertiary/aromatic N) is 3. The van der Waals surface area contributed by atoms with E-state index in [9.17, 15) is 14.7 Å². The van der Waals surface area contributed by atoms with Gasteiger partial charge in [-0.25, -0.2) is 4.98 Å². The van der Waals surface area contributed by atoms with Crippen LogP contribution >= 0.6 is 0 Å². The van der Waals surface area contributed by atoms with Gasteiger partial charge in [0.05, 0.1) is 29.4 Å². The first-order valence-electron chi connectivity index (χ1n) is 9.01. The van der Waals surface area contributed by atoms with Crippen molar-refractivity contribution in [1.29, 1.82) is 0 Å². The Labute approximate surface area is 152 Å². The summed E-state index contributed by atoms with van der Waals surface area (Å²) in [5.74, 6) is -0.0271. The van der Waals surface area contributed by atoms with Crippen molar-refractivity contribution in [3.8, 4) is 0 Å². The Hall–Kier alpha value is -2.25. The van der Waals surface area contributed by atoms with E-state index in [0.29, 0.717) is 43.4 Å². The molecule has 2 heterocycles. The van der Waals surface area contributed by atoms with Gasteiger partial charge in [0.2, 0.25) is 5.91 Å². The summed E-state index contributed by atoms with van der Waals surface area (Å²) in [5.41, 5.74) is 0.581. The van der Waals surface area contributed by atoms with Crippen molar-refractivity contribution < 1.29 is 14.6 Å². The molecule has 0 aliphatic carbocycles. The molecule has 1 aromatic carbocycles. The Bertz CT molecular complexity index is 833. The number of aryl methyl sites for hydroxylation is 1. The van der Waals surface area contributed by atoms with Gasteiger partial charge in [-0.2, -0.15) is 0 Å². The van der Waals surface area contributed by atoms with Crippen LogP contribution in [0.4, 0.5) is 0 Å². The first-order chi connectivity index (χ1) is 12.5. The molecule has 26 heavy (non-hydrogen) atoms. The lowest BCUT2D eigenvalue weighted by Crippen LogP contribution is -2.31. The van der Waals surface area contributed by atoms with Crippen LogP contribution in [0.3, 0.4) is 0 Å². The normalized spacial score (nSPS) is 20.2. The molecule has 1 saturated heterocycles. The lowest BCUT2D eigenvalue weighted by atomic mass is 10.2. The number of aliphatic hydroxyl groups excluding tert-OH is 1. The van der Waals surface area contributed by atoms with Crippen LogP contribution in [0.25, 0.3) is 10.9 Å². The van der Waals surface area contributed by atoms with E-state index in [1.165, 1.54) is 6.33 Å². The molecule has 0 bridgehead atoms. The molecule has 3 rings (SSSR count). The number of hydrogen-bond acceptors (Lipinski definition) is 5. The first-order valence-corrected chi connectivity index (χ1v) is 9.01. The summed E-state index contributed by atoms with van der Waals surface area (Å²) >= 11 is 0. The second-order valence-electron chi connectivity index (χ2n) is 6.95. The topological polar surface area (TPSA) is 84.7 Å². The molecular weight excluding hydrogens is 334 g/mol. The highest BCUT2D eigenvalue weighted by Crippen LogP contribution is 2.17. The highest BCUT2D eigenvalue weighted by Gasteiger charge is 2.34. The lowest BCUT2D eigenvalue weighted by molar-refractivity contribution is -0.131. The molecule has 1 N–H and O–H groups in total. The molecular formula is C19H25N3O4. The van der Waals surface area contributed by atoms with Crippen LogP contribution < -0.4 is 5.56 Å². The van der Waals surface area contributed by atoms with E-state index in [2.05, 4.69) is 4.98 Å². The van der Waals surface area contributed by atoms with Gasteiger partial charge in [-0.1, -0.05) is 12.1 Å². The Morgan fingerprint density at radius 2 is 2.12 bits per heavy atom. The fourth-order valence-corrected chi connectivity index (χ4v) is 3.27. The van der Waals surface area contributed by atoms with Gasteiger partial charge in [-0.15, -0.1) is 0 Å². The number of β-amino-alcohol motifs (C(OH)–C–C–N with tert-alkyl or cyclic N) is 1. The second kappa shape index (κ2) is 7.97. The van der Waals surface area contributed by atoms with Gasteiger partial charge >= 0.3 is 0 Å². The Morgan fingerprint density at radius 1 is 1.35 bits per heavy atom. The van der Waals surface area contributed by atoms with Gasteiger partial charge in [0.25, 0.3) is 5.56 Å². The van der Waals surface area contributed by atoms with Crippen LogP contribution in [0.5, 0.6) is 0 Å². The monoisotopic (exact) mass is 359 g/mol. The maximum atomic E-state index is 12.4. The maximum Gasteiger partial charge on any atom is 0.261 e. The highest BCUT2D eigenvalue weighted by atomic mass is 16.5. The van der Waals surface area contributed by atoms with Gasteiger partial charge in [0, 0.05) is 26.1 Å². The third kappa shape index (κ3) is 4.11. The average Bonchev–Trinajstić information content (AvgIpc) is 2.97. The van der Waals surface area contributed by atoms with Crippen LogP contribution in [0, 0.1) is 0 Å². The SMILES string of the molecule is CC(C)O[C@H]1CN(C(=O)CCCn2cnc3ccccc3c2=O)C[C@@H]1O. The smallest absolute Gasteiger partial charge is 0.261 e. The van der Waals surface area contributed by atoms with E-state index < -0.39 is 6.10 Å². The number of para-hydroxylation sites is 1. The number of aliphatic hydroxyl groups is 1. The summed E-state index contributed by atoms with van der Waals surface area (Å²) in [6, 6.07) is 7.22. The number of fused-ring (bicyclic) bond motifs is 1. The number of carbonyl (C=O) groups is 1. The first kappa shape index (κ1) is 18.5. The predicted molar refractivity (Wildman–Crippen MR) is 97.8 cm³/mol. The molecule has 1 aliphatic heterocycles. The quantitative estimate of drug-likeness (QED) is 0.837. The van der Waals surface area contributed by atoms with Crippen LogP contribution in [-0.4, -0.2) is 56.9 Å². The summed E-state index contributed by atoms with van der Waals surface area (Å²) in [6.45, 7) is 4.97. The van der Waals surface area contributed by atoms with Gasteiger partial charge in [0.1, 0.15) is 6.10 Å². The van der Waals surface area contributed by atoms with E-state index >= 15 is 0 Å². The molecule has 7 heteroatoms. The molecule has 140 valence electrons. The molecule has 2 atom stereocenters. The molecule has 0 unspecified atom stereocenters.